The largest absolute Gasteiger partial charge is 0.497 e. The number of ether oxygens (including phenoxy) is 3. The van der Waals surface area contributed by atoms with Gasteiger partial charge < -0.3 is 19.5 Å². The summed E-state index contributed by atoms with van der Waals surface area (Å²) in [5.41, 5.74) is 1.87. The van der Waals surface area contributed by atoms with Gasteiger partial charge in [-0.3, -0.25) is 4.79 Å². The van der Waals surface area contributed by atoms with Gasteiger partial charge in [-0.15, -0.1) is 0 Å². The quantitative estimate of drug-likeness (QED) is 0.797. The number of hydrogen-bond donors (Lipinski definition) is 1. The van der Waals surface area contributed by atoms with Crippen molar-refractivity contribution in [3.63, 3.8) is 0 Å². The lowest BCUT2D eigenvalue weighted by atomic mass is 10.0. The number of ketones is 1. The van der Waals surface area contributed by atoms with Crippen molar-refractivity contribution < 1.29 is 19.0 Å². The van der Waals surface area contributed by atoms with Crippen LogP contribution in [0.1, 0.15) is 24.9 Å². The lowest BCUT2D eigenvalue weighted by Crippen LogP contribution is -2.14. The number of nitrogens with one attached hydrogen (secondary N) is 1. The Morgan fingerprint density at radius 2 is 1.62 bits per heavy atom. The highest BCUT2D eigenvalue weighted by molar-refractivity contribution is 5.77. The Labute approximate surface area is 142 Å². The summed E-state index contributed by atoms with van der Waals surface area (Å²) in [6.07, 6.45) is 0.377. The van der Waals surface area contributed by atoms with Crippen LogP contribution >= 0.6 is 0 Å². The van der Waals surface area contributed by atoms with Crippen molar-refractivity contribution in [1.29, 1.82) is 0 Å². The molecule has 2 rings (SSSR count). The van der Waals surface area contributed by atoms with Crippen LogP contribution in [0.4, 0.5) is 5.69 Å². The molecule has 0 spiro atoms. The number of anilines is 1. The van der Waals surface area contributed by atoms with E-state index in [4.69, 9.17) is 14.2 Å². The van der Waals surface area contributed by atoms with E-state index in [2.05, 4.69) is 5.32 Å². The molecular formula is C19H23NO4. The molecule has 1 N–H and O–H groups in total. The minimum atomic E-state index is -0.157. The first kappa shape index (κ1) is 17.7. The third-order valence-corrected chi connectivity index (χ3v) is 3.73. The van der Waals surface area contributed by atoms with E-state index in [1.54, 1.807) is 28.3 Å². The van der Waals surface area contributed by atoms with Crippen molar-refractivity contribution in [2.24, 2.45) is 0 Å². The van der Waals surface area contributed by atoms with Gasteiger partial charge in [0.15, 0.2) is 11.5 Å². The summed E-state index contributed by atoms with van der Waals surface area (Å²) in [7, 11) is 4.82. The molecule has 0 saturated carbocycles. The monoisotopic (exact) mass is 329 g/mol. The minimum absolute atomic E-state index is 0.107. The van der Waals surface area contributed by atoms with Crippen LogP contribution in [0.5, 0.6) is 17.2 Å². The number of hydrogen-bond acceptors (Lipinski definition) is 5. The van der Waals surface area contributed by atoms with E-state index < -0.39 is 0 Å². The molecule has 2 aromatic carbocycles. The molecule has 0 aliphatic heterocycles. The molecule has 1 atom stereocenters. The smallest absolute Gasteiger partial charge is 0.161 e. The maximum Gasteiger partial charge on any atom is 0.161 e. The second-order valence-electron chi connectivity index (χ2n) is 5.45. The molecule has 0 radical (unpaired) electrons. The van der Waals surface area contributed by atoms with Gasteiger partial charge >= 0.3 is 0 Å². The van der Waals surface area contributed by atoms with Gasteiger partial charge in [-0.2, -0.15) is 0 Å². The zero-order valence-corrected chi connectivity index (χ0v) is 14.5. The van der Waals surface area contributed by atoms with Crippen LogP contribution < -0.4 is 19.5 Å². The highest BCUT2D eigenvalue weighted by Gasteiger charge is 2.16. The van der Waals surface area contributed by atoms with E-state index in [1.807, 2.05) is 42.5 Å². The maximum absolute atomic E-state index is 11.7. The molecule has 24 heavy (non-hydrogen) atoms. The number of carbonyl (C=O) groups is 1. The van der Waals surface area contributed by atoms with Gasteiger partial charge in [0.25, 0.3) is 0 Å². The fourth-order valence-corrected chi connectivity index (χ4v) is 2.50. The van der Waals surface area contributed by atoms with Crippen molar-refractivity contribution in [3.8, 4) is 17.2 Å². The molecule has 128 valence electrons. The maximum atomic E-state index is 11.7. The van der Waals surface area contributed by atoms with Crippen molar-refractivity contribution >= 4 is 11.5 Å². The zero-order valence-electron chi connectivity index (χ0n) is 14.5. The molecule has 0 amide bonds. The highest BCUT2D eigenvalue weighted by atomic mass is 16.5. The third-order valence-electron chi connectivity index (χ3n) is 3.73. The van der Waals surface area contributed by atoms with E-state index >= 15 is 0 Å². The third kappa shape index (κ3) is 4.41. The van der Waals surface area contributed by atoms with Crippen LogP contribution in [-0.2, 0) is 4.79 Å². The van der Waals surface area contributed by atoms with Gasteiger partial charge in [0.1, 0.15) is 11.5 Å². The van der Waals surface area contributed by atoms with E-state index in [0.29, 0.717) is 17.9 Å². The van der Waals surface area contributed by atoms with E-state index in [9.17, 15) is 4.79 Å². The Bertz CT molecular complexity index is 682. The summed E-state index contributed by atoms with van der Waals surface area (Å²) in [4.78, 5) is 11.7. The van der Waals surface area contributed by atoms with E-state index in [1.165, 1.54) is 0 Å². The van der Waals surface area contributed by atoms with Gasteiger partial charge in [-0.1, -0.05) is 6.07 Å². The SMILES string of the molecule is COc1ccc(N[C@@H](CC(C)=O)c2ccc(OC)c(OC)c2)cc1. The van der Waals surface area contributed by atoms with E-state index in [0.717, 1.165) is 17.0 Å². The molecule has 0 aromatic heterocycles. The molecule has 0 aliphatic rings. The molecule has 0 unspecified atom stereocenters. The van der Waals surface area contributed by atoms with Crippen molar-refractivity contribution in [2.75, 3.05) is 26.6 Å². The molecule has 0 saturated heterocycles. The summed E-state index contributed by atoms with van der Waals surface area (Å²) in [5, 5.41) is 3.39. The molecule has 0 bridgehead atoms. The Balaban J connectivity index is 2.28. The summed E-state index contributed by atoms with van der Waals surface area (Å²) < 4.78 is 15.8. The van der Waals surface area contributed by atoms with Crippen LogP contribution in [0.2, 0.25) is 0 Å². The van der Waals surface area contributed by atoms with Crippen molar-refractivity contribution in [3.05, 3.63) is 48.0 Å². The van der Waals surface area contributed by atoms with Gasteiger partial charge in [-0.05, 0) is 48.9 Å². The molecule has 2 aromatic rings. The number of Topliss-reactive ketones (excluding diaryl/α,β-unsaturated/α-hetero) is 1. The van der Waals surface area contributed by atoms with Crippen molar-refractivity contribution in [1.82, 2.24) is 0 Å². The Morgan fingerprint density at radius 1 is 0.958 bits per heavy atom. The molecule has 0 heterocycles. The number of rotatable bonds is 8. The second kappa shape index (κ2) is 8.24. The number of benzene rings is 2. The summed E-state index contributed by atoms with van der Waals surface area (Å²) in [5.74, 6) is 2.19. The topological polar surface area (TPSA) is 56.8 Å². The zero-order chi connectivity index (χ0) is 17.5. The van der Waals surface area contributed by atoms with E-state index in [-0.39, 0.29) is 11.8 Å². The minimum Gasteiger partial charge on any atom is -0.497 e. The Hall–Kier alpha value is -2.69. The van der Waals surface area contributed by atoms with Crippen LogP contribution in [0.15, 0.2) is 42.5 Å². The first-order valence-electron chi connectivity index (χ1n) is 7.69. The molecule has 0 fully saturated rings. The average molecular weight is 329 g/mol. The Kier molecular flexibility index (Phi) is 6.07. The van der Waals surface area contributed by atoms with Crippen LogP contribution in [0.25, 0.3) is 0 Å². The fourth-order valence-electron chi connectivity index (χ4n) is 2.50. The first-order chi connectivity index (χ1) is 11.6. The van der Waals surface area contributed by atoms with Crippen LogP contribution in [0.3, 0.4) is 0 Å². The van der Waals surface area contributed by atoms with Crippen LogP contribution in [0, 0.1) is 0 Å². The molecular weight excluding hydrogens is 306 g/mol. The second-order valence-corrected chi connectivity index (χ2v) is 5.45. The molecule has 0 aliphatic carbocycles. The molecule has 5 heteroatoms. The van der Waals surface area contributed by atoms with Crippen molar-refractivity contribution in [2.45, 2.75) is 19.4 Å². The lowest BCUT2D eigenvalue weighted by molar-refractivity contribution is -0.117. The van der Waals surface area contributed by atoms with Gasteiger partial charge in [-0.25, -0.2) is 0 Å². The van der Waals surface area contributed by atoms with Gasteiger partial charge in [0.05, 0.1) is 27.4 Å². The average Bonchev–Trinajstić information content (AvgIpc) is 2.60. The first-order valence-corrected chi connectivity index (χ1v) is 7.69. The van der Waals surface area contributed by atoms with Gasteiger partial charge in [0, 0.05) is 12.1 Å². The van der Waals surface area contributed by atoms with Gasteiger partial charge in [0.2, 0.25) is 0 Å². The lowest BCUT2D eigenvalue weighted by Gasteiger charge is -2.21. The number of carbonyl (C=O) groups excluding carboxylic acids is 1. The fraction of sp³-hybridized carbons (Fsp3) is 0.316. The Morgan fingerprint density at radius 3 is 2.17 bits per heavy atom. The molecule has 5 nitrogen and oxygen atoms in total. The summed E-state index contributed by atoms with van der Waals surface area (Å²) >= 11 is 0. The number of methoxy groups -OCH3 is 3. The standard InChI is InChI=1S/C19H23NO4/c1-13(21)11-17(20-15-6-8-16(22-2)9-7-15)14-5-10-18(23-3)19(12-14)24-4/h5-10,12,17,20H,11H2,1-4H3/t17-/m0/s1. The summed E-state index contributed by atoms with van der Waals surface area (Å²) in [6.45, 7) is 1.59. The normalized spacial score (nSPS) is 11.5. The summed E-state index contributed by atoms with van der Waals surface area (Å²) in [6, 6.07) is 13.1. The highest BCUT2D eigenvalue weighted by Crippen LogP contribution is 2.32. The predicted octanol–water partition coefficient (Wildman–Crippen LogP) is 3.84. The van der Waals surface area contributed by atoms with Crippen LogP contribution in [-0.4, -0.2) is 27.1 Å². The predicted molar refractivity (Wildman–Crippen MR) is 94.2 cm³/mol.